The van der Waals surface area contributed by atoms with Gasteiger partial charge in [0, 0.05) is 27.1 Å². The van der Waals surface area contributed by atoms with Gasteiger partial charge in [-0.15, -0.1) is 0 Å². The second-order valence-electron chi connectivity index (χ2n) is 19.4. The summed E-state index contributed by atoms with van der Waals surface area (Å²) in [6, 6.07) is 0. The van der Waals surface area contributed by atoms with Crippen molar-refractivity contribution in [1.29, 1.82) is 0 Å². The van der Waals surface area contributed by atoms with Gasteiger partial charge in [-0.3, -0.25) is 9.59 Å². The molecule has 0 aromatic rings. The summed E-state index contributed by atoms with van der Waals surface area (Å²) in [4.78, 5) is 21.2. The first-order chi connectivity index (χ1) is 39.5. The summed E-state index contributed by atoms with van der Waals surface area (Å²) in [6.07, 6.45) is 43.2. The fourth-order valence-corrected chi connectivity index (χ4v) is 7.37. The number of ether oxygens (including phenoxy) is 14. The molecule has 0 aromatic carbocycles. The molecular formula is C63H124O17. The molecule has 478 valence electrons. The molecule has 0 unspecified atom stereocenters. The van der Waals surface area contributed by atoms with Gasteiger partial charge in [-0.1, -0.05) is 141 Å². The number of carboxylic acids is 1. The fraction of sp³-hybridized carbons (Fsp3) is 0.905. The Bertz CT molecular complexity index is 1140. The summed E-state index contributed by atoms with van der Waals surface area (Å²) in [7, 11) is 4.75. The van der Waals surface area contributed by atoms with Crippen molar-refractivity contribution in [2.75, 3.05) is 180 Å². The van der Waals surface area contributed by atoms with E-state index < -0.39 is 5.97 Å². The van der Waals surface area contributed by atoms with Gasteiger partial charge < -0.3 is 71.4 Å². The molecule has 0 radical (unpaired) electrons. The molecule has 0 saturated carbocycles. The van der Waals surface area contributed by atoms with Gasteiger partial charge in [0.15, 0.2) is 0 Å². The summed E-state index contributed by atoms with van der Waals surface area (Å²) in [5, 5.41) is 8.51. The lowest BCUT2D eigenvalue weighted by Gasteiger charge is -2.09. The molecule has 0 aliphatic carbocycles. The van der Waals surface area contributed by atoms with Gasteiger partial charge >= 0.3 is 11.9 Å². The van der Waals surface area contributed by atoms with E-state index in [9.17, 15) is 9.59 Å². The molecule has 0 bridgehead atoms. The highest BCUT2D eigenvalue weighted by Gasteiger charge is 2.01. The van der Waals surface area contributed by atoms with Crippen molar-refractivity contribution in [2.45, 2.75) is 194 Å². The van der Waals surface area contributed by atoms with E-state index in [1.807, 2.05) is 0 Å². The molecule has 0 heterocycles. The number of aliphatic carboxylic acids is 1. The van der Waals surface area contributed by atoms with E-state index in [0.717, 1.165) is 25.7 Å². The molecule has 0 aromatic heterocycles. The van der Waals surface area contributed by atoms with Crippen molar-refractivity contribution in [2.24, 2.45) is 0 Å². The van der Waals surface area contributed by atoms with Crippen molar-refractivity contribution in [1.82, 2.24) is 0 Å². The molecule has 0 fully saturated rings. The second-order valence-corrected chi connectivity index (χ2v) is 19.4. The second kappa shape index (κ2) is 81.1. The minimum absolute atomic E-state index is 0.0763. The van der Waals surface area contributed by atoms with Crippen molar-refractivity contribution < 1.29 is 81.0 Å². The molecule has 0 amide bonds. The Morgan fingerprint density at radius 1 is 0.275 bits per heavy atom. The number of carbonyl (C=O) groups excluding carboxylic acids is 1. The number of esters is 1. The molecular weight excluding hydrogens is 1030 g/mol. The van der Waals surface area contributed by atoms with Crippen LogP contribution in [0.4, 0.5) is 0 Å². The topological polar surface area (TPSA) is 184 Å². The van der Waals surface area contributed by atoms with Crippen LogP contribution in [0, 0.1) is 0 Å². The van der Waals surface area contributed by atoms with Crippen LogP contribution in [0.1, 0.15) is 194 Å². The van der Waals surface area contributed by atoms with Crippen LogP contribution in [0.5, 0.6) is 0 Å². The minimum Gasteiger partial charge on any atom is -0.481 e. The van der Waals surface area contributed by atoms with E-state index in [-0.39, 0.29) is 5.97 Å². The quantitative estimate of drug-likeness (QED) is 0.0344. The Balaban J connectivity index is -0.00000122. The summed E-state index contributed by atoms with van der Waals surface area (Å²) in [6.45, 7) is 17.5. The third kappa shape index (κ3) is 87.1. The number of hydrogen-bond acceptors (Lipinski definition) is 16. The highest BCUT2D eigenvalue weighted by molar-refractivity contribution is 5.69. The van der Waals surface area contributed by atoms with Crippen molar-refractivity contribution in [3.8, 4) is 0 Å². The minimum atomic E-state index is -0.664. The average molecular weight is 1150 g/mol. The summed E-state index contributed by atoms with van der Waals surface area (Å²) in [5.74, 6) is -0.741. The van der Waals surface area contributed by atoms with E-state index in [1.165, 1.54) is 148 Å². The SMILES string of the molecule is CCCCCCCC/C=C/CCCCCCCC(=O)O.CCCCCCCC/C=C/CCCCCCCC(=O)OC.COCCOCCOCCOCCOCCOCCOCCOCCOCCOCCOCCOCCOC. The maximum absolute atomic E-state index is 10.9. The Kier molecular flexibility index (Phi) is 83.3. The summed E-state index contributed by atoms with van der Waals surface area (Å²) in [5.41, 5.74) is 0. The maximum atomic E-state index is 10.9. The number of allylic oxidation sites excluding steroid dienone is 4. The van der Waals surface area contributed by atoms with Gasteiger partial charge in [0.05, 0.1) is 166 Å². The molecule has 17 heteroatoms. The number of carbonyl (C=O) groups is 2. The van der Waals surface area contributed by atoms with E-state index in [2.05, 4.69) is 42.9 Å². The number of methoxy groups -OCH3 is 3. The van der Waals surface area contributed by atoms with E-state index in [1.54, 1.807) is 14.2 Å². The predicted octanol–water partition coefficient (Wildman–Crippen LogP) is 12.8. The maximum Gasteiger partial charge on any atom is 0.305 e. The predicted molar refractivity (Wildman–Crippen MR) is 321 cm³/mol. The molecule has 0 rings (SSSR count). The highest BCUT2D eigenvalue weighted by atomic mass is 16.6. The van der Waals surface area contributed by atoms with Crippen LogP contribution in [0.15, 0.2) is 24.3 Å². The molecule has 0 atom stereocenters. The van der Waals surface area contributed by atoms with Crippen LogP contribution in [0.2, 0.25) is 0 Å². The van der Waals surface area contributed by atoms with Gasteiger partial charge in [-0.25, -0.2) is 0 Å². The van der Waals surface area contributed by atoms with E-state index in [4.69, 9.17) is 66.7 Å². The Morgan fingerprint density at radius 3 is 0.688 bits per heavy atom. The Labute approximate surface area is 489 Å². The van der Waals surface area contributed by atoms with Gasteiger partial charge in [0.25, 0.3) is 0 Å². The molecule has 0 spiro atoms. The van der Waals surface area contributed by atoms with E-state index in [0.29, 0.717) is 171 Å². The average Bonchev–Trinajstić information content (AvgIpc) is 3.46. The molecule has 80 heavy (non-hydrogen) atoms. The van der Waals surface area contributed by atoms with Gasteiger partial charge in [-0.2, -0.15) is 0 Å². The fourth-order valence-electron chi connectivity index (χ4n) is 7.37. The Hall–Kier alpha value is -2.10. The third-order valence-electron chi connectivity index (χ3n) is 12.1. The number of carboxylic acid groups (broad SMARTS) is 1. The van der Waals surface area contributed by atoms with Crippen LogP contribution in [-0.4, -0.2) is 197 Å². The summed E-state index contributed by atoms with van der Waals surface area (Å²) < 4.78 is 73.9. The zero-order valence-electron chi connectivity index (χ0n) is 52.1. The lowest BCUT2D eigenvalue weighted by molar-refractivity contribution is -0.141. The molecule has 17 nitrogen and oxygen atoms in total. The molecule has 0 aliphatic heterocycles. The number of unbranched alkanes of at least 4 members (excludes halogenated alkanes) is 22. The van der Waals surface area contributed by atoms with Crippen molar-refractivity contribution in [3.05, 3.63) is 24.3 Å². The lowest BCUT2D eigenvalue weighted by Crippen LogP contribution is -2.15. The number of hydrogen-bond donors (Lipinski definition) is 1. The van der Waals surface area contributed by atoms with E-state index >= 15 is 0 Å². The zero-order valence-corrected chi connectivity index (χ0v) is 52.1. The van der Waals surface area contributed by atoms with Crippen LogP contribution >= 0.6 is 0 Å². The number of rotatable bonds is 66. The normalized spacial score (nSPS) is 11.4. The van der Waals surface area contributed by atoms with Crippen LogP contribution in [-0.2, 0) is 75.9 Å². The third-order valence-corrected chi connectivity index (χ3v) is 12.1. The van der Waals surface area contributed by atoms with Crippen LogP contribution in [0.25, 0.3) is 0 Å². The van der Waals surface area contributed by atoms with Crippen molar-refractivity contribution in [3.63, 3.8) is 0 Å². The van der Waals surface area contributed by atoms with Gasteiger partial charge in [0.1, 0.15) is 0 Å². The van der Waals surface area contributed by atoms with Crippen LogP contribution in [0.3, 0.4) is 0 Å². The first-order valence-electron chi connectivity index (χ1n) is 31.4. The summed E-state index contributed by atoms with van der Waals surface area (Å²) >= 11 is 0. The first-order valence-corrected chi connectivity index (χ1v) is 31.4. The van der Waals surface area contributed by atoms with Gasteiger partial charge in [0.2, 0.25) is 0 Å². The highest BCUT2D eigenvalue weighted by Crippen LogP contribution is 2.12. The Morgan fingerprint density at radius 2 is 0.475 bits per heavy atom. The standard InChI is InChI=1S/C26H54O13.C19H36O2.C18H34O2/c1-27-3-5-29-7-9-31-11-13-33-15-17-35-19-21-37-23-25-39-26-24-38-22-20-36-18-16-34-14-12-32-10-8-30-6-4-28-2;1-3-4-5-6-7-8-9-10-11-12-13-14-15-16-17-18-19(20)21-2;1-2-3-4-5-6-7-8-9-10-11-12-13-14-15-16-17-18(19)20/h3-26H2,1-2H3;10-11H,3-9,12-18H2,1-2H3;9-10H,2-8,11-17H2,1H3,(H,19,20)/b;11-10+;10-9+. The smallest absolute Gasteiger partial charge is 0.305 e. The van der Waals surface area contributed by atoms with Crippen LogP contribution < -0.4 is 0 Å². The largest absolute Gasteiger partial charge is 0.481 e. The van der Waals surface area contributed by atoms with Gasteiger partial charge in [-0.05, 0) is 64.2 Å². The molecule has 1 N–H and O–H groups in total. The first kappa shape index (κ1) is 82.1. The zero-order chi connectivity index (χ0) is 58.7. The molecule has 0 saturated heterocycles. The van der Waals surface area contributed by atoms with Crippen molar-refractivity contribution >= 4 is 11.9 Å². The monoisotopic (exact) mass is 1150 g/mol. The lowest BCUT2D eigenvalue weighted by atomic mass is 10.1. The molecule has 0 aliphatic rings.